The van der Waals surface area contributed by atoms with Crippen LogP contribution >= 0.6 is 23.5 Å². The van der Waals surface area contributed by atoms with Crippen molar-refractivity contribution >= 4 is 58.0 Å². The Morgan fingerprint density at radius 3 is 1.74 bits per heavy atom. The Labute approximate surface area is 282 Å². The molecule has 46 heavy (non-hydrogen) atoms. The Hall–Kier alpha value is -3.56. The van der Waals surface area contributed by atoms with Crippen LogP contribution in [-0.2, 0) is 4.79 Å². The summed E-state index contributed by atoms with van der Waals surface area (Å²) >= 11 is 3.52. The highest BCUT2D eigenvalue weighted by Gasteiger charge is 2.28. The van der Waals surface area contributed by atoms with E-state index in [1.807, 2.05) is 53.4 Å². The van der Waals surface area contributed by atoms with Gasteiger partial charge in [0, 0.05) is 44.7 Å². The summed E-state index contributed by atoms with van der Waals surface area (Å²) in [5.41, 5.74) is 5.17. The fourth-order valence-corrected chi connectivity index (χ4v) is 7.85. The van der Waals surface area contributed by atoms with Crippen molar-refractivity contribution in [3.8, 4) is 0 Å². The Morgan fingerprint density at radius 2 is 1.20 bits per heavy atom. The lowest BCUT2D eigenvalue weighted by Gasteiger charge is -2.33. The number of amides is 1. The highest BCUT2D eigenvalue weighted by molar-refractivity contribution is 8.00. The molecule has 0 saturated heterocycles. The number of nitrogens with zero attached hydrogens (tertiary/aromatic N) is 4. The minimum absolute atomic E-state index is 0.116. The molecular formula is C38H44N4O2S2. The summed E-state index contributed by atoms with van der Waals surface area (Å²) in [5.74, 6) is 0.280. The molecule has 0 atom stereocenters. The molecule has 0 fully saturated rings. The first-order chi connectivity index (χ1) is 22.3. The first kappa shape index (κ1) is 33.8. The van der Waals surface area contributed by atoms with Crippen molar-refractivity contribution in [2.24, 2.45) is 0 Å². The van der Waals surface area contributed by atoms with Gasteiger partial charge in [0.2, 0.25) is 5.91 Å². The first-order valence-corrected chi connectivity index (χ1v) is 17.7. The van der Waals surface area contributed by atoms with E-state index in [0.717, 1.165) is 71.6 Å². The third kappa shape index (κ3) is 7.86. The lowest BCUT2D eigenvalue weighted by Crippen LogP contribution is -2.33. The Bertz CT molecular complexity index is 1620. The summed E-state index contributed by atoms with van der Waals surface area (Å²) in [6.45, 7) is 10.7. The lowest BCUT2D eigenvalue weighted by atomic mass is 10.1. The quantitative estimate of drug-likeness (QED) is 0.159. The van der Waals surface area contributed by atoms with Crippen LogP contribution in [0.25, 0.3) is 0 Å². The maximum absolute atomic E-state index is 12.9. The number of para-hydroxylation sites is 3. The van der Waals surface area contributed by atoms with Gasteiger partial charge in [-0.05, 0) is 95.6 Å². The molecule has 2 heterocycles. The largest absolute Gasteiger partial charge is 0.340 e. The van der Waals surface area contributed by atoms with Crippen LogP contribution in [0, 0.1) is 0 Å². The van der Waals surface area contributed by atoms with E-state index in [4.69, 9.17) is 0 Å². The Balaban J connectivity index is 0.000000181. The summed E-state index contributed by atoms with van der Waals surface area (Å²) < 4.78 is 0. The van der Waals surface area contributed by atoms with Crippen molar-refractivity contribution in [1.29, 1.82) is 0 Å². The van der Waals surface area contributed by atoms with Crippen LogP contribution < -0.4 is 9.80 Å². The average molecular weight is 653 g/mol. The van der Waals surface area contributed by atoms with E-state index >= 15 is 0 Å². The Kier molecular flexibility index (Phi) is 11.6. The number of hydrogen-bond acceptors (Lipinski definition) is 7. The molecule has 0 aliphatic carbocycles. The second-order valence-corrected chi connectivity index (χ2v) is 13.8. The van der Waals surface area contributed by atoms with Crippen LogP contribution in [0.4, 0.5) is 22.7 Å². The lowest BCUT2D eigenvalue weighted by molar-refractivity contribution is -0.118. The number of Topliss-reactive ketones (excluding diaryl/α,β-unsaturated/α-hetero) is 1. The van der Waals surface area contributed by atoms with Gasteiger partial charge in [-0.25, -0.2) is 0 Å². The zero-order valence-electron chi connectivity index (χ0n) is 27.5. The predicted molar refractivity (Wildman–Crippen MR) is 194 cm³/mol. The molecule has 0 spiro atoms. The van der Waals surface area contributed by atoms with E-state index in [1.165, 1.54) is 15.5 Å². The van der Waals surface area contributed by atoms with E-state index in [2.05, 4.69) is 85.1 Å². The molecule has 6 rings (SSSR count). The van der Waals surface area contributed by atoms with E-state index in [9.17, 15) is 9.59 Å². The van der Waals surface area contributed by atoms with Crippen molar-refractivity contribution in [3.05, 3.63) is 96.6 Å². The van der Waals surface area contributed by atoms with Gasteiger partial charge in [0.1, 0.15) is 0 Å². The number of hydrogen-bond donors (Lipinski definition) is 0. The van der Waals surface area contributed by atoms with Gasteiger partial charge in [0.15, 0.2) is 5.78 Å². The number of fused-ring (bicyclic) bond motifs is 4. The smallest absolute Gasteiger partial charge is 0.232 e. The second-order valence-electron chi connectivity index (χ2n) is 11.7. The topological polar surface area (TPSA) is 47.1 Å². The molecule has 240 valence electrons. The zero-order valence-corrected chi connectivity index (χ0v) is 29.2. The zero-order chi connectivity index (χ0) is 32.6. The molecule has 4 aromatic carbocycles. The van der Waals surface area contributed by atoms with Crippen LogP contribution in [-0.4, -0.2) is 68.3 Å². The minimum atomic E-state index is 0.116. The molecule has 0 N–H and O–H groups in total. The van der Waals surface area contributed by atoms with Crippen LogP contribution in [0.1, 0.15) is 44.0 Å². The third-order valence-electron chi connectivity index (χ3n) is 8.24. The molecule has 4 aromatic rings. The molecule has 8 heteroatoms. The molecule has 1 amide bonds. The van der Waals surface area contributed by atoms with Gasteiger partial charge in [0.25, 0.3) is 0 Å². The van der Waals surface area contributed by atoms with Crippen molar-refractivity contribution in [1.82, 2.24) is 9.80 Å². The number of anilines is 4. The molecule has 6 nitrogen and oxygen atoms in total. The highest BCUT2D eigenvalue weighted by atomic mass is 32.2. The number of benzene rings is 4. The summed E-state index contributed by atoms with van der Waals surface area (Å²) in [4.78, 5) is 38.2. The highest BCUT2D eigenvalue weighted by Crippen LogP contribution is 2.49. The maximum atomic E-state index is 12.9. The van der Waals surface area contributed by atoms with Crippen molar-refractivity contribution in [2.75, 3.05) is 56.6 Å². The molecular weight excluding hydrogens is 609 g/mol. The van der Waals surface area contributed by atoms with Gasteiger partial charge >= 0.3 is 0 Å². The maximum Gasteiger partial charge on any atom is 0.232 e. The molecule has 0 radical (unpaired) electrons. The number of rotatable bonds is 10. The number of carbonyl (C=O) groups excluding carboxylic acids is 2. The normalized spacial score (nSPS) is 12.9. The van der Waals surface area contributed by atoms with Gasteiger partial charge in [-0.15, -0.1) is 0 Å². The van der Waals surface area contributed by atoms with Crippen molar-refractivity contribution < 1.29 is 9.59 Å². The standard InChI is InChI=1S/2C19H22N2OS/c1-14(22)15-9-10-19-17(13-15)21(12-6-11-20(2)3)16-7-4-5-8-18(16)23-19;1-3-20(4-2)14-13-19(22)21-15-9-5-7-11-17(15)23-18-12-8-6-10-16(18)21/h4-5,7-10,13H,6,11-12H2,1-3H3;5-12H,3-4,13-14H2,1-2H3. The molecule has 2 aliphatic heterocycles. The van der Waals surface area contributed by atoms with Gasteiger partial charge in [0.05, 0.1) is 22.7 Å². The molecule has 0 aromatic heterocycles. The van der Waals surface area contributed by atoms with E-state index < -0.39 is 0 Å². The minimum Gasteiger partial charge on any atom is -0.340 e. The Morgan fingerprint density at radius 1 is 0.674 bits per heavy atom. The van der Waals surface area contributed by atoms with Gasteiger partial charge in [-0.1, -0.05) is 79.8 Å². The average Bonchev–Trinajstić information content (AvgIpc) is 3.07. The second kappa shape index (κ2) is 15.8. The number of ketones is 1. The van der Waals surface area contributed by atoms with Crippen LogP contribution in [0.15, 0.2) is 111 Å². The summed E-state index contributed by atoms with van der Waals surface area (Å²) in [6.07, 6.45) is 1.62. The van der Waals surface area contributed by atoms with Gasteiger partial charge < -0.3 is 14.7 Å². The predicted octanol–water partition coefficient (Wildman–Crippen LogP) is 8.99. The molecule has 0 bridgehead atoms. The van der Waals surface area contributed by atoms with Crippen LogP contribution in [0.5, 0.6) is 0 Å². The summed E-state index contributed by atoms with van der Waals surface area (Å²) in [7, 11) is 4.20. The van der Waals surface area contributed by atoms with Crippen LogP contribution in [0.2, 0.25) is 0 Å². The van der Waals surface area contributed by atoms with Crippen molar-refractivity contribution in [3.63, 3.8) is 0 Å². The van der Waals surface area contributed by atoms with E-state index in [1.54, 1.807) is 30.4 Å². The fourth-order valence-electron chi connectivity index (χ4n) is 5.71. The van der Waals surface area contributed by atoms with Crippen LogP contribution in [0.3, 0.4) is 0 Å². The molecule has 0 unspecified atom stereocenters. The van der Waals surface area contributed by atoms with E-state index in [0.29, 0.717) is 6.42 Å². The van der Waals surface area contributed by atoms with Gasteiger partial charge in [-0.3, -0.25) is 14.5 Å². The summed E-state index contributed by atoms with van der Waals surface area (Å²) in [6, 6.07) is 30.8. The molecule has 0 saturated carbocycles. The van der Waals surface area contributed by atoms with E-state index in [-0.39, 0.29) is 11.7 Å². The van der Waals surface area contributed by atoms with Gasteiger partial charge in [-0.2, -0.15) is 0 Å². The molecule has 2 aliphatic rings. The summed E-state index contributed by atoms with van der Waals surface area (Å²) in [5, 5.41) is 0. The third-order valence-corrected chi connectivity index (χ3v) is 10.5. The SMILES string of the molecule is CC(=O)c1ccc2c(c1)N(CCCN(C)C)c1ccccc1S2.CCN(CC)CCC(=O)N1c2ccccc2Sc2ccccc21. The first-order valence-electron chi connectivity index (χ1n) is 16.1. The number of carbonyl (C=O) groups is 2. The fraction of sp³-hybridized carbons (Fsp3) is 0.316. The monoisotopic (exact) mass is 652 g/mol. The van der Waals surface area contributed by atoms with Crippen molar-refractivity contribution in [2.45, 2.75) is 53.2 Å².